The van der Waals surface area contributed by atoms with E-state index in [1.54, 1.807) is 6.92 Å². The van der Waals surface area contributed by atoms with Crippen LogP contribution in [0.3, 0.4) is 0 Å². The molecule has 0 spiro atoms. The van der Waals surface area contributed by atoms with Crippen LogP contribution >= 0.6 is 11.6 Å². The molecule has 0 saturated heterocycles. The molecule has 2 atom stereocenters. The number of hydrogen-bond acceptors (Lipinski definition) is 4. The van der Waals surface area contributed by atoms with E-state index in [1.165, 1.54) is 25.1 Å². The summed E-state index contributed by atoms with van der Waals surface area (Å²) < 4.78 is 5.55. The third kappa shape index (κ3) is 5.15. The van der Waals surface area contributed by atoms with E-state index in [2.05, 4.69) is 22.8 Å². The van der Waals surface area contributed by atoms with E-state index in [-0.39, 0.29) is 28.8 Å². The number of carbonyl (C=O) groups excluding carboxylic acids is 2. The molecule has 35 heavy (non-hydrogen) atoms. The molecule has 0 aromatic heterocycles. The van der Waals surface area contributed by atoms with Crippen molar-refractivity contribution in [1.29, 1.82) is 0 Å². The number of hydrogen-bond donors (Lipinski definition) is 3. The van der Waals surface area contributed by atoms with Gasteiger partial charge in [-0.25, -0.2) is 4.79 Å². The van der Waals surface area contributed by atoms with Crippen molar-refractivity contribution >= 4 is 35.3 Å². The van der Waals surface area contributed by atoms with Crippen molar-refractivity contribution in [2.24, 2.45) is 5.92 Å². The van der Waals surface area contributed by atoms with Crippen LogP contribution in [0.5, 0.6) is 0 Å². The fourth-order valence-corrected chi connectivity index (χ4v) is 4.30. The maximum atomic E-state index is 12.6. The fourth-order valence-electron chi connectivity index (χ4n) is 4.14. The van der Waals surface area contributed by atoms with Gasteiger partial charge in [0.05, 0.1) is 16.6 Å². The first kappa shape index (κ1) is 24.3. The third-order valence-corrected chi connectivity index (χ3v) is 6.64. The highest BCUT2D eigenvalue weighted by molar-refractivity contribution is 6.33. The number of ether oxygens (including phenoxy) is 1. The molecule has 0 heterocycles. The van der Waals surface area contributed by atoms with Gasteiger partial charge < -0.3 is 15.2 Å². The van der Waals surface area contributed by atoms with E-state index >= 15 is 0 Å². The Labute approximate surface area is 208 Å². The van der Waals surface area contributed by atoms with Gasteiger partial charge in [0.1, 0.15) is 6.61 Å². The van der Waals surface area contributed by atoms with E-state index in [0.717, 1.165) is 22.3 Å². The van der Waals surface area contributed by atoms with Gasteiger partial charge in [-0.05, 0) is 54.3 Å². The maximum absolute atomic E-state index is 12.6. The van der Waals surface area contributed by atoms with Gasteiger partial charge in [0.25, 0.3) is 5.91 Å². The smallest absolute Gasteiger partial charge is 0.411 e. The van der Waals surface area contributed by atoms with Gasteiger partial charge in [-0.2, -0.15) is 0 Å². The minimum absolute atomic E-state index is 0.0848. The summed E-state index contributed by atoms with van der Waals surface area (Å²) >= 11 is 6.22. The van der Waals surface area contributed by atoms with Crippen molar-refractivity contribution in [2.75, 3.05) is 11.9 Å². The molecule has 7 nitrogen and oxygen atoms in total. The van der Waals surface area contributed by atoms with Crippen LogP contribution < -0.4 is 10.6 Å². The third-order valence-electron chi connectivity index (χ3n) is 6.31. The minimum atomic E-state index is -1.01. The lowest BCUT2D eigenvalue weighted by molar-refractivity contribution is -0.141. The fraction of sp³-hybridized carbons (Fsp3) is 0.222. The highest BCUT2D eigenvalue weighted by atomic mass is 35.5. The molecule has 2 amide bonds. The number of benzene rings is 3. The Morgan fingerprint density at radius 2 is 1.57 bits per heavy atom. The SMILES string of the molecule is CC(NC(=O)c1ccc(Cl)c(NC(=O)OCC2c3ccccc3-c3ccccc32)c1)C(C)C(=O)O. The number of nitrogens with one attached hydrogen (secondary N) is 2. The zero-order valence-corrected chi connectivity index (χ0v) is 20.0. The Kier molecular flexibility index (Phi) is 7.07. The van der Waals surface area contributed by atoms with Crippen LogP contribution in [0.1, 0.15) is 41.3 Å². The standard InChI is InChI=1S/C27H25ClN2O5/c1-15(26(32)33)16(2)29-25(31)17-11-12-23(28)24(13-17)30-27(34)35-14-22-20-9-5-3-7-18(20)19-8-4-6-10-21(19)22/h3-13,15-16,22H,14H2,1-2H3,(H,29,31)(H,30,34)(H,32,33). The van der Waals surface area contributed by atoms with Crippen molar-refractivity contribution < 1.29 is 24.2 Å². The van der Waals surface area contributed by atoms with E-state index in [4.69, 9.17) is 21.4 Å². The zero-order valence-electron chi connectivity index (χ0n) is 19.2. The maximum Gasteiger partial charge on any atom is 0.411 e. The number of carboxylic acid groups (broad SMARTS) is 1. The lowest BCUT2D eigenvalue weighted by atomic mass is 9.98. The molecule has 8 heteroatoms. The molecule has 3 N–H and O–H groups in total. The second-order valence-electron chi connectivity index (χ2n) is 8.53. The average molecular weight is 493 g/mol. The van der Waals surface area contributed by atoms with Crippen LogP contribution in [0.25, 0.3) is 11.1 Å². The molecule has 3 aromatic rings. The van der Waals surface area contributed by atoms with Gasteiger partial charge in [-0.15, -0.1) is 0 Å². The Balaban J connectivity index is 1.43. The number of amides is 2. The molecule has 4 rings (SSSR count). The van der Waals surface area contributed by atoms with Gasteiger partial charge >= 0.3 is 12.1 Å². The van der Waals surface area contributed by atoms with Crippen LogP contribution in [0.15, 0.2) is 66.7 Å². The molecule has 0 bridgehead atoms. The van der Waals surface area contributed by atoms with Gasteiger partial charge in [0.2, 0.25) is 0 Å². The van der Waals surface area contributed by atoms with Crippen molar-refractivity contribution in [3.8, 4) is 11.1 Å². The summed E-state index contributed by atoms with van der Waals surface area (Å²) in [5.41, 5.74) is 4.91. The lowest BCUT2D eigenvalue weighted by Crippen LogP contribution is -2.40. The van der Waals surface area contributed by atoms with Crippen LogP contribution in [-0.4, -0.2) is 35.7 Å². The molecular weight excluding hydrogens is 468 g/mol. The molecular formula is C27H25ClN2O5. The summed E-state index contributed by atoms with van der Waals surface area (Å²) in [7, 11) is 0. The highest BCUT2D eigenvalue weighted by Gasteiger charge is 2.29. The Morgan fingerprint density at radius 1 is 0.971 bits per heavy atom. The van der Waals surface area contributed by atoms with Gasteiger partial charge in [0, 0.05) is 17.5 Å². The van der Waals surface area contributed by atoms with E-state index in [9.17, 15) is 14.4 Å². The molecule has 0 aliphatic heterocycles. The number of fused-ring (bicyclic) bond motifs is 3. The second kappa shape index (κ2) is 10.2. The number of rotatable bonds is 7. The first-order valence-electron chi connectivity index (χ1n) is 11.2. The van der Waals surface area contributed by atoms with Gasteiger partial charge in [-0.3, -0.25) is 14.9 Å². The predicted molar refractivity (Wildman–Crippen MR) is 134 cm³/mol. The van der Waals surface area contributed by atoms with Crippen molar-refractivity contribution in [3.05, 3.63) is 88.4 Å². The van der Waals surface area contributed by atoms with E-state index < -0.39 is 29.9 Å². The van der Waals surface area contributed by atoms with E-state index in [1.807, 2.05) is 36.4 Å². The number of halogens is 1. The quantitative estimate of drug-likeness (QED) is 0.401. The number of aliphatic carboxylic acids is 1. The summed E-state index contributed by atoms with van der Waals surface area (Å²) in [5, 5.41) is 14.6. The van der Waals surface area contributed by atoms with Crippen LogP contribution in [-0.2, 0) is 9.53 Å². The summed E-state index contributed by atoms with van der Waals surface area (Å²) in [6, 6.07) is 19.9. The Hall–Kier alpha value is -3.84. The monoisotopic (exact) mass is 492 g/mol. The molecule has 1 aliphatic carbocycles. The number of carboxylic acids is 1. The van der Waals surface area contributed by atoms with Crippen LogP contribution in [0.4, 0.5) is 10.5 Å². The Morgan fingerprint density at radius 3 is 2.17 bits per heavy atom. The molecule has 1 aliphatic rings. The van der Waals surface area contributed by atoms with Gasteiger partial charge in [0.15, 0.2) is 0 Å². The largest absolute Gasteiger partial charge is 0.481 e. The highest BCUT2D eigenvalue weighted by Crippen LogP contribution is 2.44. The molecule has 2 unspecified atom stereocenters. The number of anilines is 1. The first-order valence-corrected chi connectivity index (χ1v) is 11.6. The second-order valence-corrected chi connectivity index (χ2v) is 8.94. The summed E-state index contributed by atoms with van der Waals surface area (Å²) in [5.74, 6) is -2.33. The predicted octanol–water partition coefficient (Wildman–Crippen LogP) is 5.54. The van der Waals surface area contributed by atoms with Crippen LogP contribution in [0.2, 0.25) is 5.02 Å². The molecule has 0 fully saturated rings. The lowest BCUT2D eigenvalue weighted by Gasteiger charge is -2.18. The van der Waals surface area contributed by atoms with Crippen molar-refractivity contribution in [2.45, 2.75) is 25.8 Å². The summed E-state index contributed by atoms with van der Waals surface area (Å²) in [6.07, 6.45) is -0.695. The molecule has 3 aromatic carbocycles. The summed E-state index contributed by atoms with van der Waals surface area (Å²) in [6.45, 7) is 3.27. The molecule has 180 valence electrons. The van der Waals surface area contributed by atoms with E-state index in [0.29, 0.717) is 0 Å². The summed E-state index contributed by atoms with van der Waals surface area (Å²) in [4.78, 5) is 36.3. The van der Waals surface area contributed by atoms with Gasteiger partial charge in [-0.1, -0.05) is 60.1 Å². The minimum Gasteiger partial charge on any atom is -0.481 e. The van der Waals surface area contributed by atoms with Crippen molar-refractivity contribution in [3.63, 3.8) is 0 Å². The normalized spacial score (nSPS) is 13.8. The van der Waals surface area contributed by atoms with Crippen molar-refractivity contribution in [1.82, 2.24) is 5.32 Å². The first-order chi connectivity index (χ1) is 16.8. The topological polar surface area (TPSA) is 105 Å². The average Bonchev–Trinajstić information content (AvgIpc) is 3.17. The molecule has 0 radical (unpaired) electrons. The zero-order chi connectivity index (χ0) is 25.1. The Bertz CT molecular complexity index is 1250. The van der Waals surface area contributed by atoms with Crippen LogP contribution in [0, 0.1) is 5.92 Å². The number of carbonyl (C=O) groups is 3. The molecule has 0 saturated carbocycles.